The number of phosphoric acid groups is 1. The molecule has 0 saturated carbocycles. The topological polar surface area (TPSA) is 119 Å². The van der Waals surface area contributed by atoms with Crippen molar-refractivity contribution < 1.29 is 37.9 Å². The van der Waals surface area contributed by atoms with Gasteiger partial charge in [-0.15, -0.1) is 0 Å². The molecule has 0 aliphatic carbocycles. The molecule has 1 atom stereocenters. The fourth-order valence-corrected chi connectivity index (χ4v) is 4.81. The molecule has 0 aromatic rings. The summed E-state index contributed by atoms with van der Waals surface area (Å²) in [5, 5.41) is 0. The lowest BCUT2D eigenvalue weighted by Gasteiger charge is -2.18. The Morgan fingerprint density at radius 2 is 1.00 bits per heavy atom. The lowest BCUT2D eigenvalue weighted by atomic mass is 10.0. The van der Waals surface area contributed by atoms with Crippen molar-refractivity contribution in [3.63, 3.8) is 0 Å². The summed E-state index contributed by atoms with van der Waals surface area (Å²) >= 11 is 0. The zero-order valence-electron chi connectivity index (χ0n) is 24.3. The van der Waals surface area contributed by atoms with Gasteiger partial charge in [0, 0.05) is 13.3 Å². The summed E-state index contributed by atoms with van der Waals surface area (Å²) in [6.07, 6.45) is 26.4. The zero-order chi connectivity index (χ0) is 28.3. The smallest absolute Gasteiger partial charge is 0.462 e. The Balaban J connectivity index is 3.50. The average Bonchev–Trinajstić information content (AvgIpc) is 2.86. The number of ether oxygens (including phenoxy) is 2. The minimum Gasteiger partial charge on any atom is -0.462 e. The van der Waals surface area contributed by atoms with Gasteiger partial charge in [0.2, 0.25) is 0 Å². The molecule has 0 fully saturated rings. The van der Waals surface area contributed by atoms with E-state index in [0.717, 1.165) is 12.8 Å². The van der Waals surface area contributed by atoms with Crippen molar-refractivity contribution in [1.29, 1.82) is 0 Å². The molecule has 0 heterocycles. The minimum atomic E-state index is -4.70. The van der Waals surface area contributed by atoms with Gasteiger partial charge in [-0.2, -0.15) is 0 Å². The molecular formula is C29H57O8P. The fraction of sp³-hybridized carbons (Fsp3) is 0.931. The van der Waals surface area contributed by atoms with Gasteiger partial charge in [-0.25, -0.2) is 4.57 Å². The van der Waals surface area contributed by atoms with Gasteiger partial charge in [-0.1, -0.05) is 135 Å². The minimum absolute atomic E-state index is 0.214. The van der Waals surface area contributed by atoms with Gasteiger partial charge in [0.05, 0.1) is 6.61 Å². The predicted octanol–water partition coefficient (Wildman–Crippen LogP) is 8.17. The first-order chi connectivity index (χ1) is 18.2. The van der Waals surface area contributed by atoms with E-state index >= 15 is 0 Å². The van der Waals surface area contributed by atoms with E-state index in [4.69, 9.17) is 19.3 Å². The molecule has 226 valence electrons. The number of carbonyl (C=O) groups is 2. The average molecular weight is 565 g/mol. The van der Waals surface area contributed by atoms with E-state index in [1.165, 1.54) is 122 Å². The standard InChI is InChI=1S/C29H57O8P/c1-3-4-5-6-7-8-9-10-11-12-13-14-15-16-17-18-19-20-21-22-23-24-29(31)37-28(25-35-27(2)30)26-36-38(32,33)34/h28H,3-26H2,1-2H3,(H2,32,33,34). The molecule has 1 unspecified atom stereocenters. The van der Waals surface area contributed by atoms with Crippen molar-refractivity contribution in [3.05, 3.63) is 0 Å². The molecular weight excluding hydrogens is 507 g/mol. The quantitative estimate of drug-likeness (QED) is 0.0555. The highest BCUT2D eigenvalue weighted by molar-refractivity contribution is 7.46. The predicted molar refractivity (Wildman–Crippen MR) is 152 cm³/mol. The Morgan fingerprint density at radius 1 is 0.632 bits per heavy atom. The van der Waals surface area contributed by atoms with Gasteiger partial charge in [0.25, 0.3) is 0 Å². The first kappa shape index (κ1) is 37.0. The fourth-order valence-electron chi connectivity index (χ4n) is 4.45. The van der Waals surface area contributed by atoms with Gasteiger partial charge in [-0.05, 0) is 6.42 Å². The number of rotatable bonds is 28. The highest BCUT2D eigenvalue weighted by Crippen LogP contribution is 2.35. The SMILES string of the molecule is CCCCCCCCCCCCCCCCCCCCCCCC(=O)OC(COC(C)=O)COP(=O)(O)O. The van der Waals surface area contributed by atoms with Crippen LogP contribution in [-0.2, 0) is 28.2 Å². The Kier molecular flexibility index (Phi) is 25.6. The molecule has 0 saturated heterocycles. The number of unbranched alkanes of at least 4 members (excludes halogenated alkanes) is 20. The van der Waals surface area contributed by atoms with E-state index in [2.05, 4.69) is 11.4 Å². The monoisotopic (exact) mass is 564 g/mol. The van der Waals surface area contributed by atoms with Crippen molar-refractivity contribution in [1.82, 2.24) is 0 Å². The largest absolute Gasteiger partial charge is 0.469 e. The van der Waals surface area contributed by atoms with E-state index in [-0.39, 0.29) is 13.0 Å². The summed E-state index contributed by atoms with van der Waals surface area (Å²) in [6, 6.07) is 0. The summed E-state index contributed by atoms with van der Waals surface area (Å²) in [4.78, 5) is 40.6. The first-order valence-electron chi connectivity index (χ1n) is 15.3. The molecule has 0 aliphatic heterocycles. The maximum atomic E-state index is 12.0. The lowest BCUT2D eigenvalue weighted by Crippen LogP contribution is -2.29. The number of hydrogen-bond acceptors (Lipinski definition) is 6. The number of carbonyl (C=O) groups excluding carboxylic acids is 2. The second-order valence-corrected chi connectivity index (χ2v) is 11.8. The van der Waals surface area contributed by atoms with Crippen LogP contribution in [0.15, 0.2) is 0 Å². The molecule has 8 nitrogen and oxygen atoms in total. The third kappa shape index (κ3) is 29.6. The van der Waals surface area contributed by atoms with Gasteiger partial charge < -0.3 is 19.3 Å². The van der Waals surface area contributed by atoms with Crippen LogP contribution in [0.5, 0.6) is 0 Å². The Hall–Kier alpha value is -0.950. The summed E-state index contributed by atoms with van der Waals surface area (Å²) in [7, 11) is -4.70. The summed E-state index contributed by atoms with van der Waals surface area (Å²) in [5.41, 5.74) is 0. The highest BCUT2D eigenvalue weighted by atomic mass is 31.2. The molecule has 0 aromatic heterocycles. The molecule has 38 heavy (non-hydrogen) atoms. The third-order valence-corrected chi connectivity index (χ3v) is 7.17. The Bertz CT molecular complexity index is 607. The van der Waals surface area contributed by atoms with E-state index in [1.54, 1.807) is 0 Å². The van der Waals surface area contributed by atoms with Gasteiger partial charge in [-0.3, -0.25) is 14.1 Å². The number of hydrogen-bond donors (Lipinski definition) is 2. The maximum absolute atomic E-state index is 12.0. The Labute approximate surface area is 232 Å². The highest BCUT2D eigenvalue weighted by Gasteiger charge is 2.22. The van der Waals surface area contributed by atoms with Crippen LogP contribution in [0.25, 0.3) is 0 Å². The van der Waals surface area contributed by atoms with Crippen molar-refractivity contribution in [2.75, 3.05) is 13.2 Å². The summed E-state index contributed by atoms with van der Waals surface area (Å²) < 4.78 is 25.2. The van der Waals surface area contributed by atoms with E-state index in [0.29, 0.717) is 6.42 Å². The van der Waals surface area contributed by atoms with Crippen LogP contribution < -0.4 is 0 Å². The molecule has 2 N–H and O–H groups in total. The molecule has 9 heteroatoms. The maximum Gasteiger partial charge on any atom is 0.469 e. The molecule has 0 rings (SSSR count). The second-order valence-electron chi connectivity index (χ2n) is 10.5. The van der Waals surface area contributed by atoms with Crippen molar-refractivity contribution in [2.24, 2.45) is 0 Å². The summed E-state index contributed by atoms with van der Waals surface area (Å²) in [5.74, 6) is -1.07. The molecule has 0 radical (unpaired) electrons. The Morgan fingerprint density at radius 3 is 1.34 bits per heavy atom. The van der Waals surface area contributed by atoms with Gasteiger partial charge in [0.1, 0.15) is 6.61 Å². The van der Waals surface area contributed by atoms with Crippen LogP contribution in [0.1, 0.15) is 155 Å². The van der Waals surface area contributed by atoms with Crippen LogP contribution in [-0.4, -0.2) is 41.0 Å². The van der Waals surface area contributed by atoms with Crippen LogP contribution in [0.4, 0.5) is 0 Å². The van der Waals surface area contributed by atoms with Crippen LogP contribution in [0.2, 0.25) is 0 Å². The van der Waals surface area contributed by atoms with Gasteiger partial charge >= 0.3 is 19.8 Å². The van der Waals surface area contributed by atoms with E-state index in [1.807, 2.05) is 0 Å². The molecule has 0 amide bonds. The van der Waals surface area contributed by atoms with Crippen LogP contribution >= 0.6 is 7.82 Å². The van der Waals surface area contributed by atoms with Gasteiger partial charge in [0.15, 0.2) is 6.10 Å². The molecule has 0 aromatic carbocycles. The number of esters is 2. The van der Waals surface area contributed by atoms with Crippen LogP contribution in [0.3, 0.4) is 0 Å². The normalized spacial score (nSPS) is 12.4. The van der Waals surface area contributed by atoms with Crippen molar-refractivity contribution in [2.45, 2.75) is 161 Å². The van der Waals surface area contributed by atoms with Crippen molar-refractivity contribution in [3.8, 4) is 0 Å². The van der Waals surface area contributed by atoms with Crippen LogP contribution in [0, 0.1) is 0 Å². The number of phosphoric ester groups is 1. The third-order valence-electron chi connectivity index (χ3n) is 6.68. The van der Waals surface area contributed by atoms with E-state index < -0.39 is 32.5 Å². The van der Waals surface area contributed by atoms with Crippen molar-refractivity contribution >= 4 is 19.8 Å². The lowest BCUT2D eigenvalue weighted by molar-refractivity contribution is -0.160. The first-order valence-corrected chi connectivity index (χ1v) is 16.8. The summed E-state index contributed by atoms with van der Waals surface area (Å²) in [6.45, 7) is 2.62. The molecule has 0 aliphatic rings. The molecule has 0 bridgehead atoms. The second kappa shape index (κ2) is 26.3. The zero-order valence-corrected chi connectivity index (χ0v) is 25.2. The van der Waals surface area contributed by atoms with E-state index in [9.17, 15) is 14.2 Å². The molecule has 0 spiro atoms.